The number of hydrogen-bond acceptors (Lipinski definition) is 15. The second-order valence-corrected chi connectivity index (χ2v) is 31.1. The van der Waals surface area contributed by atoms with Gasteiger partial charge in [0.05, 0.1) is 26.4 Å². The van der Waals surface area contributed by atoms with Crippen molar-refractivity contribution in [2.45, 2.75) is 419 Å². The minimum atomic E-state index is -4.96. The molecule has 0 saturated heterocycles. The van der Waals surface area contributed by atoms with E-state index in [1.165, 1.54) is 218 Å². The van der Waals surface area contributed by atoms with Gasteiger partial charge in [-0.05, 0) is 37.5 Å². The average molecular weight is 1410 g/mol. The van der Waals surface area contributed by atoms with E-state index in [1.54, 1.807) is 0 Å². The first-order chi connectivity index (χ1) is 46.4. The molecule has 0 amide bonds. The molecule has 3 N–H and O–H groups in total. The average Bonchev–Trinajstić information content (AvgIpc) is 1.42. The van der Waals surface area contributed by atoms with Crippen molar-refractivity contribution in [1.82, 2.24) is 0 Å². The van der Waals surface area contributed by atoms with Gasteiger partial charge >= 0.3 is 39.5 Å². The van der Waals surface area contributed by atoms with Crippen molar-refractivity contribution in [2.24, 2.45) is 11.8 Å². The minimum absolute atomic E-state index is 0.105. The maximum absolute atomic E-state index is 13.1. The number of hydrogen-bond donors (Lipinski definition) is 3. The van der Waals surface area contributed by atoms with E-state index in [9.17, 15) is 43.2 Å². The zero-order chi connectivity index (χ0) is 70.7. The van der Waals surface area contributed by atoms with Crippen LogP contribution in [0, 0.1) is 11.8 Å². The number of esters is 4. The van der Waals surface area contributed by atoms with Gasteiger partial charge in [-0.3, -0.25) is 37.3 Å². The molecule has 0 aromatic rings. The van der Waals surface area contributed by atoms with Crippen molar-refractivity contribution < 1.29 is 80.2 Å². The van der Waals surface area contributed by atoms with Gasteiger partial charge in [0.25, 0.3) is 0 Å². The van der Waals surface area contributed by atoms with Gasteiger partial charge in [-0.1, -0.05) is 350 Å². The molecule has 0 heterocycles. The molecule has 0 aliphatic heterocycles. The third-order valence-corrected chi connectivity index (χ3v) is 20.6. The van der Waals surface area contributed by atoms with Crippen LogP contribution in [0.15, 0.2) is 0 Å². The summed E-state index contributed by atoms with van der Waals surface area (Å²) in [4.78, 5) is 72.8. The fraction of sp³-hybridized carbons (Fsp3) is 0.948. The van der Waals surface area contributed by atoms with Gasteiger partial charge in [0.1, 0.15) is 19.3 Å². The third kappa shape index (κ3) is 67.9. The number of carbonyl (C=O) groups is 4. The molecule has 0 spiro atoms. The lowest BCUT2D eigenvalue weighted by molar-refractivity contribution is -0.161. The predicted molar refractivity (Wildman–Crippen MR) is 391 cm³/mol. The fourth-order valence-electron chi connectivity index (χ4n) is 11.8. The van der Waals surface area contributed by atoms with Gasteiger partial charge in [-0.25, -0.2) is 9.13 Å². The van der Waals surface area contributed by atoms with E-state index >= 15 is 0 Å². The van der Waals surface area contributed by atoms with Crippen LogP contribution in [0.3, 0.4) is 0 Å². The first-order valence-corrected chi connectivity index (χ1v) is 43.1. The quantitative estimate of drug-likeness (QED) is 0.0222. The highest BCUT2D eigenvalue weighted by Crippen LogP contribution is 2.45. The molecule has 0 radical (unpaired) electrons. The van der Waals surface area contributed by atoms with Crippen molar-refractivity contribution >= 4 is 39.5 Å². The molecule has 570 valence electrons. The number of aliphatic hydroxyl groups excluding tert-OH is 1. The first-order valence-electron chi connectivity index (χ1n) is 40.1. The van der Waals surface area contributed by atoms with Gasteiger partial charge in [0.2, 0.25) is 0 Å². The van der Waals surface area contributed by atoms with Crippen LogP contribution in [0.1, 0.15) is 401 Å². The van der Waals surface area contributed by atoms with Crippen LogP contribution in [0.25, 0.3) is 0 Å². The Morgan fingerprint density at radius 3 is 0.740 bits per heavy atom. The molecule has 7 atom stereocenters. The topological polar surface area (TPSA) is 237 Å². The second-order valence-electron chi connectivity index (χ2n) is 28.2. The summed E-state index contributed by atoms with van der Waals surface area (Å²) in [5.74, 6) is -0.537. The molecule has 0 aliphatic carbocycles. The Labute approximate surface area is 588 Å². The smallest absolute Gasteiger partial charge is 0.462 e. The van der Waals surface area contributed by atoms with Gasteiger partial charge in [0.15, 0.2) is 12.2 Å². The SMILES string of the molecule is CCCCCCCCCCCCCCCCCCCCCCC(=O)O[C@H](COC(=O)CCCCCCCCCCCCC(C)CC)COP(=O)(O)OC[C@@H](O)COP(=O)(O)OC[C@@H](COC(=O)CCCCCCCCCCCC)OC(=O)CCCCCCCCCCC(C)CC. The highest BCUT2D eigenvalue weighted by molar-refractivity contribution is 7.47. The molecule has 0 fully saturated rings. The minimum Gasteiger partial charge on any atom is -0.462 e. The number of ether oxygens (including phenoxy) is 4. The summed E-state index contributed by atoms with van der Waals surface area (Å²) >= 11 is 0. The van der Waals surface area contributed by atoms with Crippen LogP contribution in [-0.2, 0) is 65.4 Å². The Balaban J connectivity index is 5.23. The maximum atomic E-state index is 13.1. The fourth-order valence-corrected chi connectivity index (χ4v) is 13.3. The molecule has 4 unspecified atom stereocenters. The number of phosphoric acid groups is 2. The van der Waals surface area contributed by atoms with Crippen LogP contribution in [0.4, 0.5) is 0 Å². The van der Waals surface area contributed by atoms with Gasteiger partial charge in [-0.15, -0.1) is 0 Å². The molecule has 96 heavy (non-hydrogen) atoms. The van der Waals surface area contributed by atoms with E-state index in [-0.39, 0.29) is 25.7 Å². The van der Waals surface area contributed by atoms with Gasteiger partial charge in [-0.2, -0.15) is 0 Å². The van der Waals surface area contributed by atoms with E-state index in [1.807, 2.05) is 0 Å². The van der Waals surface area contributed by atoms with Crippen molar-refractivity contribution in [2.75, 3.05) is 39.6 Å². The molecule has 0 aliphatic rings. The Morgan fingerprint density at radius 2 is 0.500 bits per heavy atom. The van der Waals surface area contributed by atoms with Crippen LogP contribution >= 0.6 is 15.6 Å². The third-order valence-electron chi connectivity index (χ3n) is 18.7. The first kappa shape index (κ1) is 94.1. The number of carbonyl (C=O) groups excluding carboxylic acids is 4. The zero-order valence-electron chi connectivity index (χ0n) is 62.7. The number of phosphoric ester groups is 2. The molecule has 0 rings (SSSR count). The highest BCUT2D eigenvalue weighted by atomic mass is 31.2. The van der Waals surface area contributed by atoms with E-state index in [0.29, 0.717) is 25.7 Å². The molecule has 0 bridgehead atoms. The number of aliphatic hydroxyl groups is 1. The summed E-state index contributed by atoms with van der Waals surface area (Å²) in [6, 6.07) is 0. The van der Waals surface area contributed by atoms with Crippen LogP contribution < -0.4 is 0 Å². The molecular weight excluding hydrogens is 1260 g/mol. The van der Waals surface area contributed by atoms with E-state index < -0.39 is 97.5 Å². The Kier molecular flexibility index (Phi) is 67.4. The summed E-state index contributed by atoms with van der Waals surface area (Å²) in [7, 11) is -9.91. The normalized spacial score (nSPS) is 14.6. The summed E-state index contributed by atoms with van der Waals surface area (Å²) in [5.41, 5.74) is 0. The Bertz CT molecular complexity index is 1860. The van der Waals surface area contributed by atoms with E-state index in [4.69, 9.17) is 37.0 Å². The predicted octanol–water partition coefficient (Wildman–Crippen LogP) is 22.7. The lowest BCUT2D eigenvalue weighted by Crippen LogP contribution is -2.30. The summed E-state index contributed by atoms with van der Waals surface area (Å²) < 4.78 is 68.5. The molecule has 19 heteroatoms. The van der Waals surface area contributed by atoms with Crippen molar-refractivity contribution in [3.05, 3.63) is 0 Å². The second kappa shape index (κ2) is 68.8. The molecule has 0 aromatic carbocycles. The van der Waals surface area contributed by atoms with E-state index in [0.717, 1.165) is 102 Å². The summed E-state index contributed by atoms with van der Waals surface area (Å²) in [6.07, 6.45) is 56.8. The van der Waals surface area contributed by atoms with Crippen molar-refractivity contribution in [1.29, 1.82) is 0 Å². The lowest BCUT2D eigenvalue weighted by atomic mass is 9.99. The van der Waals surface area contributed by atoms with Gasteiger partial charge in [0, 0.05) is 25.7 Å². The largest absolute Gasteiger partial charge is 0.472 e. The van der Waals surface area contributed by atoms with Crippen LogP contribution in [0.5, 0.6) is 0 Å². The number of unbranched alkanes of at least 4 members (excludes halogenated alkanes) is 44. The summed E-state index contributed by atoms with van der Waals surface area (Å²) in [6.45, 7) is 9.62. The molecule has 0 saturated carbocycles. The molecular formula is C77H150O17P2. The highest BCUT2D eigenvalue weighted by Gasteiger charge is 2.30. The van der Waals surface area contributed by atoms with Crippen molar-refractivity contribution in [3.63, 3.8) is 0 Å². The van der Waals surface area contributed by atoms with Gasteiger partial charge < -0.3 is 33.8 Å². The lowest BCUT2D eigenvalue weighted by Gasteiger charge is -2.21. The monoisotopic (exact) mass is 1410 g/mol. The maximum Gasteiger partial charge on any atom is 0.472 e. The molecule has 17 nitrogen and oxygen atoms in total. The standard InChI is InChI=1S/C77H150O17P2/c1-7-11-13-15-17-19-21-22-23-24-25-26-27-28-29-30-36-43-49-55-61-76(81)93-72(65-88-75(80)60-54-48-42-35-32-31-33-39-45-51-57-69(5)9-3)67-91-95(83,84)89-63-71(78)64-90-96(85,86)92-68-73(66-87-74(79)59-53-47-41-34-20-18-16-14-12-8-2)94-77(82)62-56-50-44-38-37-40-46-52-58-70(6)10-4/h69-73,78H,7-68H2,1-6H3,(H,83,84)(H,85,86)/t69?,70?,71-,72-,73-/m1/s1. The summed E-state index contributed by atoms with van der Waals surface area (Å²) in [5, 5.41) is 10.6. The van der Waals surface area contributed by atoms with Crippen molar-refractivity contribution in [3.8, 4) is 0 Å². The van der Waals surface area contributed by atoms with Crippen LogP contribution in [0.2, 0.25) is 0 Å². The Hall–Kier alpha value is -1.94. The zero-order valence-corrected chi connectivity index (χ0v) is 64.5. The van der Waals surface area contributed by atoms with Crippen LogP contribution in [-0.4, -0.2) is 96.7 Å². The Morgan fingerprint density at radius 1 is 0.292 bits per heavy atom. The number of rotatable bonds is 76. The van der Waals surface area contributed by atoms with E-state index in [2.05, 4.69) is 41.5 Å². The molecule has 0 aromatic heterocycles.